The molecule has 0 aromatic carbocycles. The lowest BCUT2D eigenvalue weighted by Crippen LogP contribution is -2.51. The van der Waals surface area contributed by atoms with E-state index in [0.717, 1.165) is 10.6 Å². The molecule has 1 aliphatic heterocycles. The first-order valence-electron chi connectivity index (χ1n) is 4.90. The van der Waals surface area contributed by atoms with Crippen LogP contribution >= 0.6 is 0 Å². The van der Waals surface area contributed by atoms with Gasteiger partial charge < -0.3 is 15.7 Å². The molecule has 1 aliphatic rings. The highest BCUT2D eigenvalue weighted by molar-refractivity contribution is 8.06. The summed E-state index contributed by atoms with van der Waals surface area (Å²) in [7, 11) is -7.60. The van der Waals surface area contributed by atoms with E-state index in [1.807, 2.05) is 0 Å². The van der Waals surface area contributed by atoms with Crippen molar-refractivity contribution in [2.75, 3.05) is 31.0 Å². The van der Waals surface area contributed by atoms with Crippen LogP contribution < -0.4 is 5.73 Å². The van der Waals surface area contributed by atoms with Crippen LogP contribution in [0.2, 0.25) is 0 Å². The highest BCUT2D eigenvalue weighted by Gasteiger charge is 2.33. The van der Waals surface area contributed by atoms with Crippen LogP contribution in [-0.4, -0.2) is 69.3 Å². The molecule has 0 amide bonds. The van der Waals surface area contributed by atoms with E-state index in [1.165, 1.54) is 0 Å². The quantitative estimate of drug-likeness (QED) is 0.259. The minimum absolute atomic E-state index is 0.0348. The topological polar surface area (TPSA) is 139 Å². The van der Waals surface area contributed by atoms with Gasteiger partial charge in [0, 0.05) is 19.3 Å². The zero-order valence-electron chi connectivity index (χ0n) is 9.68. The van der Waals surface area contributed by atoms with E-state index in [-0.39, 0.29) is 25.5 Å². The number of ether oxygens (including phenoxy) is 1. The predicted octanol–water partition coefficient (Wildman–Crippen LogP) is -2.23. The largest absolute Gasteiger partial charge is 0.409 e. The van der Waals surface area contributed by atoms with Crippen LogP contribution in [0.4, 0.5) is 0 Å². The van der Waals surface area contributed by atoms with E-state index in [2.05, 4.69) is 5.16 Å². The van der Waals surface area contributed by atoms with Gasteiger partial charge in [-0.3, -0.25) is 0 Å². The van der Waals surface area contributed by atoms with Gasteiger partial charge in [0.25, 0.3) is 0 Å². The molecule has 18 heavy (non-hydrogen) atoms. The second-order valence-electron chi connectivity index (χ2n) is 3.90. The number of sulfone groups is 1. The fraction of sp³-hybridized carbons (Fsp3) is 0.857. The van der Waals surface area contributed by atoms with Gasteiger partial charge in [0.2, 0.25) is 10.0 Å². The first kappa shape index (κ1) is 15.1. The summed E-state index contributed by atoms with van der Waals surface area (Å²) in [6, 6.07) is 0. The molecule has 3 N–H and O–H groups in total. The van der Waals surface area contributed by atoms with E-state index < -0.39 is 31.0 Å². The van der Waals surface area contributed by atoms with Gasteiger partial charge in [0.05, 0.1) is 6.61 Å². The molecule has 0 radical (unpaired) electrons. The minimum Gasteiger partial charge on any atom is -0.409 e. The number of nitrogens with two attached hydrogens (primary N) is 1. The number of hydrogen-bond acceptors (Lipinski definition) is 7. The number of oxime groups is 1. The van der Waals surface area contributed by atoms with E-state index in [0.29, 0.717) is 0 Å². The Morgan fingerprint density at radius 2 is 2.11 bits per heavy atom. The maximum Gasteiger partial charge on any atom is 0.228 e. The lowest BCUT2D eigenvalue weighted by Gasteiger charge is -2.31. The molecule has 1 rings (SSSR count). The fourth-order valence-corrected chi connectivity index (χ4v) is 4.94. The van der Waals surface area contributed by atoms with E-state index >= 15 is 0 Å². The number of morpholine rings is 1. The highest BCUT2D eigenvalue weighted by Crippen LogP contribution is 2.12. The van der Waals surface area contributed by atoms with Crippen molar-refractivity contribution in [3.8, 4) is 0 Å². The van der Waals surface area contributed by atoms with Crippen LogP contribution in [0.15, 0.2) is 5.16 Å². The zero-order valence-corrected chi connectivity index (χ0v) is 11.3. The predicted molar refractivity (Wildman–Crippen MR) is 63.4 cm³/mol. The molecule has 0 spiro atoms. The Hall–Kier alpha value is -0.910. The molecule has 9 nitrogen and oxygen atoms in total. The highest BCUT2D eigenvalue weighted by atomic mass is 32.3. The molecule has 0 aromatic heterocycles. The van der Waals surface area contributed by atoms with E-state index in [9.17, 15) is 16.8 Å². The van der Waals surface area contributed by atoms with Crippen LogP contribution in [0.5, 0.6) is 0 Å². The van der Waals surface area contributed by atoms with Crippen LogP contribution in [0.3, 0.4) is 0 Å². The second kappa shape index (κ2) is 5.38. The van der Waals surface area contributed by atoms with Gasteiger partial charge in [-0.25, -0.2) is 16.8 Å². The third-order valence-corrected chi connectivity index (χ3v) is 6.25. The first-order valence-corrected chi connectivity index (χ1v) is 8.57. The third kappa shape index (κ3) is 4.08. The van der Waals surface area contributed by atoms with Gasteiger partial charge in [-0.05, 0) is 0 Å². The molecule has 1 saturated heterocycles. The number of sulfonamides is 1. The Labute approximate surface area is 105 Å². The van der Waals surface area contributed by atoms with Crippen LogP contribution in [0, 0.1) is 0 Å². The van der Waals surface area contributed by atoms with Crippen molar-refractivity contribution in [1.29, 1.82) is 0 Å². The van der Waals surface area contributed by atoms with Gasteiger partial charge in [0.15, 0.2) is 20.8 Å². The van der Waals surface area contributed by atoms with Gasteiger partial charge in [-0.1, -0.05) is 5.16 Å². The van der Waals surface area contributed by atoms with Crippen LogP contribution in [0.25, 0.3) is 0 Å². The van der Waals surface area contributed by atoms with Crippen molar-refractivity contribution in [3.63, 3.8) is 0 Å². The summed E-state index contributed by atoms with van der Waals surface area (Å²) >= 11 is 0. The molecule has 1 fully saturated rings. The third-order valence-electron chi connectivity index (χ3n) is 2.23. The molecule has 1 unspecified atom stereocenters. The summed E-state index contributed by atoms with van der Waals surface area (Å²) in [6.45, 7) is -0.0926. The maximum absolute atomic E-state index is 11.8. The van der Waals surface area contributed by atoms with Crippen LogP contribution in [0.1, 0.15) is 0 Å². The molecule has 0 aromatic rings. The summed E-state index contributed by atoms with van der Waals surface area (Å²) in [4.78, 5) is 0. The fourth-order valence-electron chi connectivity index (χ4n) is 1.47. The first-order chi connectivity index (χ1) is 8.15. The average molecular weight is 301 g/mol. The number of rotatable bonds is 4. The van der Waals surface area contributed by atoms with Crippen molar-refractivity contribution < 1.29 is 26.8 Å². The molecular weight excluding hydrogens is 286 g/mol. The van der Waals surface area contributed by atoms with Crippen molar-refractivity contribution in [2.45, 2.75) is 6.10 Å². The number of amidine groups is 1. The Balaban J connectivity index is 2.84. The number of nitrogens with zero attached hydrogens (tertiary/aromatic N) is 2. The normalized spacial score (nSPS) is 24.1. The smallest absolute Gasteiger partial charge is 0.228 e. The lowest BCUT2D eigenvalue weighted by atomic mass is 10.3. The van der Waals surface area contributed by atoms with Gasteiger partial charge >= 0.3 is 0 Å². The summed E-state index contributed by atoms with van der Waals surface area (Å²) in [5, 5.41) is 10.2. The SMILES string of the molecule is CS(=O)(=O)CS(=O)(=O)N1CCOC(C(N)=NO)C1. The van der Waals surface area contributed by atoms with Gasteiger partial charge in [-0.15, -0.1) is 0 Å². The molecule has 0 bridgehead atoms. The van der Waals surface area contributed by atoms with Crippen molar-refractivity contribution >= 4 is 25.7 Å². The van der Waals surface area contributed by atoms with E-state index in [1.54, 1.807) is 0 Å². The second-order valence-corrected chi connectivity index (χ2v) is 8.37. The summed E-state index contributed by atoms with van der Waals surface area (Å²) < 4.78 is 51.8. The van der Waals surface area contributed by atoms with Crippen LogP contribution in [-0.2, 0) is 24.6 Å². The molecule has 0 saturated carbocycles. The zero-order chi connectivity index (χ0) is 14.0. The van der Waals surface area contributed by atoms with Gasteiger partial charge in [0.1, 0.15) is 6.10 Å². The number of hydrogen-bond donors (Lipinski definition) is 2. The molecule has 11 heteroatoms. The maximum atomic E-state index is 11.8. The Bertz CT molecular complexity index is 525. The lowest BCUT2D eigenvalue weighted by molar-refractivity contribution is 0.0357. The van der Waals surface area contributed by atoms with Crippen molar-refractivity contribution in [1.82, 2.24) is 4.31 Å². The van der Waals surface area contributed by atoms with Gasteiger partial charge in [-0.2, -0.15) is 4.31 Å². The van der Waals surface area contributed by atoms with Crippen molar-refractivity contribution in [2.24, 2.45) is 10.9 Å². The molecule has 0 aliphatic carbocycles. The average Bonchev–Trinajstić information content (AvgIpc) is 2.25. The Kier molecular flexibility index (Phi) is 4.53. The monoisotopic (exact) mass is 301 g/mol. The Morgan fingerprint density at radius 3 is 2.61 bits per heavy atom. The Morgan fingerprint density at radius 1 is 1.50 bits per heavy atom. The summed E-state index contributed by atoms with van der Waals surface area (Å²) in [5.74, 6) is -0.255. The van der Waals surface area contributed by atoms with Crippen molar-refractivity contribution in [3.05, 3.63) is 0 Å². The summed E-state index contributed by atoms with van der Waals surface area (Å²) in [6.07, 6.45) is -0.0375. The minimum atomic E-state index is -3.94. The molecule has 1 atom stereocenters. The summed E-state index contributed by atoms with van der Waals surface area (Å²) in [5.41, 5.74) is 5.32. The molecular formula is C7H15N3O6S2. The molecule has 1 heterocycles. The molecule has 106 valence electrons. The van der Waals surface area contributed by atoms with E-state index in [4.69, 9.17) is 15.7 Å². The standard InChI is InChI=1S/C7H15N3O6S2/c1-17(12,13)5-18(14,15)10-2-3-16-6(4-10)7(8)9-11/h6,11H,2-5H2,1H3,(H2,8,9).